The van der Waals surface area contributed by atoms with Gasteiger partial charge < -0.3 is 4.42 Å². The molecule has 4 heteroatoms. The van der Waals surface area contributed by atoms with E-state index in [4.69, 9.17) is 19.4 Å². The van der Waals surface area contributed by atoms with E-state index >= 15 is 0 Å². The number of benzene rings is 7. The number of furan rings is 1. The summed E-state index contributed by atoms with van der Waals surface area (Å²) in [4.78, 5) is 15.2. The Hall–Kier alpha value is -5.87. The Labute approximate surface area is 246 Å². The Morgan fingerprint density at radius 2 is 1.02 bits per heavy atom. The molecule has 4 nitrogen and oxygen atoms in total. The number of para-hydroxylation sites is 1. The Balaban J connectivity index is 1.29. The molecule has 2 heterocycles. The van der Waals surface area contributed by atoms with Crippen molar-refractivity contribution < 1.29 is 4.42 Å². The molecule has 0 aliphatic heterocycles. The van der Waals surface area contributed by atoms with Crippen LogP contribution in [0.2, 0.25) is 0 Å². The maximum atomic E-state index is 6.14. The molecule has 0 atom stereocenters. The second-order valence-electron chi connectivity index (χ2n) is 10.9. The molecule has 9 rings (SSSR count). The van der Waals surface area contributed by atoms with Gasteiger partial charge in [0.25, 0.3) is 0 Å². The first kappa shape index (κ1) is 23.8. The van der Waals surface area contributed by atoms with Gasteiger partial charge >= 0.3 is 0 Å². The third-order valence-electron chi connectivity index (χ3n) is 8.27. The molecule has 200 valence electrons. The Kier molecular flexibility index (Phi) is 5.16. The van der Waals surface area contributed by atoms with E-state index in [-0.39, 0.29) is 0 Å². The maximum absolute atomic E-state index is 6.14. The van der Waals surface area contributed by atoms with Crippen molar-refractivity contribution in [1.29, 1.82) is 0 Å². The Morgan fingerprint density at radius 3 is 1.88 bits per heavy atom. The molecule has 0 saturated carbocycles. The zero-order valence-corrected chi connectivity index (χ0v) is 23.0. The smallest absolute Gasteiger partial charge is 0.164 e. The first-order chi connectivity index (χ1) is 21.3. The summed E-state index contributed by atoms with van der Waals surface area (Å²) in [7, 11) is 0. The van der Waals surface area contributed by atoms with Crippen LogP contribution in [0.3, 0.4) is 0 Å². The second-order valence-corrected chi connectivity index (χ2v) is 10.9. The predicted molar refractivity (Wildman–Crippen MR) is 176 cm³/mol. The van der Waals surface area contributed by atoms with Crippen molar-refractivity contribution in [3.05, 3.63) is 140 Å². The third-order valence-corrected chi connectivity index (χ3v) is 8.27. The lowest BCUT2D eigenvalue weighted by molar-refractivity contribution is 0.669. The fourth-order valence-electron chi connectivity index (χ4n) is 6.19. The van der Waals surface area contributed by atoms with E-state index < -0.39 is 0 Å². The van der Waals surface area contributed by atoms with Crippen molar-refractivity contribution in [3.8, 4) is 34.2 Å². The van der Waals surface area contributed by atoms with Crippen molar-refractivity contribution in [2.75, 3.05) is 0 Å². The quantitative estimate of drug-likeness (QED) is 0.206. The molecule has 0 N–H and O–H groups in total. The van der Waals surface area contributed by atoms with Crippen LogP contribution in [-0.2, 0) is 0 Å². The molecule has 43 heavy (non-hydrogen) atoms. The SMILES string of the molecule is c1ccc(-c2nc(-c3ccc4cc5oc6ccccc6c5cc4c3)nc(-c3cc4ccccc4c4ccccc34)n2)cc1. The van der Waals surface area contributed by atoms with Crippen LogP contribution in [-0.4, -0.2) is 15.0 Å². The van der Waals surface area contributed by atoms with Gasteiger partial charge in [-0.25, -0.2) is 15.0 Å². The van der Waals surface area contributed by atoms with Gasteiger partial charge in [-0.2, -0.15) is 0 Å². The molecule has 0 bridgehead atoms. The van der Waals surface area contributed by atoms with Gasteiger partial charge in [-0.15, -0.1) is 0 Å². The summed E-state index contributed by atoms with van der Waals surface area (Å²) in [5.74, 6) is 1.94. The van der Waals surface area contributed by atoms with E-state index in [0.717, 1.165) is 60.2 Å². The molecule has 0 aliphatic rings. The van der Waals surface area contributed by atoms with Crippen molar-refractivity contribution in [2.45, 2.75) is 0 Å². The van der Waals surface area contributed by atoms with Crippen LogP contribution in [0.15, 0.2) is 144 Å². The molecule has 0 saturated heterocycles. The molecule has 0 amide bonds. The minimum atomic E-state index is 0.639. The van der Waals surface area contributed by atoms with Gasteiger partial charge in [0.15, 0.2) is 17.5 Å². The highest BCUT2D eigenvalue weighted by molar-refractivity contribution is 6.13. The molecule has 0 unspecified atom stereocenters. The normalized spacial score (nSPS) is 11.7. The summed E-state index contributed by atoms with van der Waals surface area (Å²) in [6.45, 7) is 0. The summed E-state index contributed by atoms with van der Waals surface area (Å²) >= 11 is 0. The summed E-state index contributed by atoms with van der Waals surface area (Å²) in [5.41, 5.74) is 4.65. The standard InChI is InChI=1S/C39H23N3O/c1-2-10-24(11-3-1)37-40-38(27-19-18-25-23-36-33(22-28(25)20-27)32-16-8-9-17-35(32)43-36)42-39(41-37)34-21-26-12-4-5-13-29(26)30-14-6-7-15-31(30)34/h1-23H. The van der Waals surface area contributed by atoms with E-state index in [2.05, 4.69) is 91.0 Å². The van der Waals surface area contributed by atoms with Crippen LogP contribution in [0.1, 0.15) is 0 Å². The van der Waals surface area contributed by atoms with Gasteiger partial charge in [0.1, 0.15) is 11.2 Å². The molecular formula is C39H23N3O. The lowest BCUT2D eigenvalue weighted by atomic mass is 9.97. The third kappa shape index (κ3) is 3.88. The van der Waals surface area contributed by atoms with Gasteiger partial charge in [-0.1, -0.05) is 109 Å². The van der Waals surface area contributed by atoms with Crippen molar-refractivity contribution in [3.63, 3.8) is 0 Å². The number of fused-ring (bicyclic) bond motifs is 7. The molecule has 9 aromatic rings. The lowest BCUT2D eigenvalue weighted by Crippen LogP contribution is -2.00. The zero-order chi connectivity index (χ0) is 28.3. The number of hydrogen-bond donors (Lipinski definition) is 0. The summed E-state index contributed by atoms with van der Waals surface area (Å²) in [5, 5.41) is 9.09. The zero-order valence-electron chi connectivity index (χ0n) is 23.0. The summed E-state index contributed by atoms with van der Waals surface area (Å²) in [6.07, 6.45) is 0. The van der Waals surface area contributed by atoms with Crippen molar-refractivity contribution >= 4 is 54.3 Å². The van der Waals surface area contributed by atoms with Crippen molar-refractivity contribution in [2.24, 2.45) is 0 Å². The monoisotopic (exact) mass is 549 g/mol. The average Bonchev–Trinajstić information content (AvgIpc) is 3.44. The van der Waals surface area contributed by atoms with Gasteiger partial charge in [-0.3, -0.25) is 0 Å². The number of rotatable bonds is 3. The molecule has 0 aliphatic carbocycles. The fourth-order valence-corrected chi connectivity index (χ4v) is 6.19. The van der Waals surface area contributed by atoms with Gasteiger partial charge in [0.05, 0.1) is 0 Å². The van der Waals surface area contributed by atoms with E-state index in [1.807, 2.05) is 48.5 Å². The molecule has 0 fully saturated rings. The summed E-state index contributed by atoms with van der Waals surface area (Å²) in [6, 6.07) is 48.2. The van der Waals surface area contributed by atoms with Crippen LogP contribution in [0.5, 0.6) is 0 Å². The molecule has 7 aromatic carbocycles. The number of hydrogen-bond acceptors (Lipinski definition) is 4. The van der Waals surface area contributed by atoms with Gasteiger partial charge in [0.2, 0.25) is 0 Å². The van der Waals surface area contributed by atoms with Crippen LogP contribution < -0.4 is 0 Å². The van der Waals surface area contributed by atoms with Crippen LogP contribution in [0, 0.1) is 0 Å². The lowest BCUT2D eigenvalue weighted by Gasteiger charge is -2.12. The van der Waals surface area contributed by atoms with E-state index in [0.29, 0.717) is 17.5 Å². The highest BCUT2D eigenvalue weighted by atomic mass is 16.3. The fraction of sp³-hybridized carbons (Fsp3) is 0. The number of aromatic nitrogens is 3. The van der Waals surface area contributed by atoms with Crippen molar-refractivity contribution in [1.82, 2.24) is 15.0 Å². The maximum Gasteiger partial charge on any atom is 0.164 e. The highest BCUT2D eigenvalue weighted by Gasteiger charge is 2.16. The largest absolute Gasteiger partial charge is 0.456 e. The van der Waals surface area contributed by atoms with Crippen LogP contribution in [0.4, 0.5) is 0 Å². The Morgan fingerprint density at radius 1 is 0.349 bits per heavy atom. The topological polar surface area (TPSA) is 51.8 Å². The average molecular weight is 550 g/mol. The van der Waals surface area contributed by atoms with Crippen LogP contribution >= 0.6 is 0 Å². The number of nitrogens with zero attached hydrogens (tertiary/aromatic N) is 3. The van der Waals surface area contributed by atoms with E-state index in [1.165, 1.54) is 10.8 Å². The van der Waals surface area contributed by atoms with Gasteiger partial charge in [0, 0.05) is 27.5 Å². The predicted octanol–water partition coefficient (Wildman–Crippen LogP) is 10.2. The first-order valence-corrected chi connectivity index (χ1v) is 14.4. The van der Waals surface area contributed by atoms with Gasteiger partial charge in [-0.05, 0) is 62.6 Å². The highest BCUT2D eigenvalue weighted by Crippen LogP contribution is 2.36. The summed E-state index contributed by atoms with van der Waals surface area (Å²) < 4.78 is 6.14. The second kappa shape index (κ2) is 9.33. The minimum Gasteiger partial charge on any atom is -0.456 e. The minimum absolute atomic E-state index is 0.639. The van der Waals surface area contributed by atoms with E-state index in [9.17, 15) is 0 Å². The molecular weight excluding hydrogens is 526 g/mol. The van der Waals surface area contributed by atoms with E-state index in [1.54, 1.807) is 0 Å². The first-order valence-electron chi connectivity index (χ1n) is 14.4. The Bertz CT molecular complexity index is 2510. The molecule has 2 aromatic heterocycles. The molecule has 0 radical (unpaired) electrons. The molecule has 0 spiro atoms. The van der Waals surface area contributed by atoms with Crippen LogP contribution in [0.25, 0.3) is 88.4 Å².